The van der Waals surface area contributed by atoms with Gasteiger partial charge in [-0.25, -0.2) is 4.79 Å². The van der Waals surface area contributed by atoms with Crippen LogP contribution in [0.4, 0.5) is 0 Å². The molecule has 2 heterocycles. The lowest BCUT2D eigenvalue weighted by atomic mass is 10.0. The Morgan fingerprint density at radius 1 is 1.37 bits per heavy atom. The highest BCUT2D eigenvalue weighted by Gasteiger charge is 2.33. The van der Waals surface area contributed by atoms with Crippen LogP contribution in [0.2, 0.25) is 0 Å². The molecule has 0 saturated carbocycles. The van der Waals surface area contributed by atoms with Gasteiger partial charge in [0.1, 0.15) is 0 Å². The van der Waals surface area contributed by atoms with Crippen LogP contribution in [0.5, 0.6) is 0 Å². The van der Waals surface area contributed by atoms with Crippen molar-refractivity contribution < 1.29 is 14.6 Å². The molecule has 2 aliphatic heterocycles. The summed E-state index contributed by atoms with van der Waals surface area (Å²) in [4.78, 5) is 13.3. The Hall–Kier alpha value is -1.39. The predicted molar refractivity (Wildman–Crippen MR) is 71.3 cm³/mol. The number of hydrogen-bond donors (Lipinski definition) is 1. The lowest BCUT2D eigenvalue weighted by Crippen LogP contribution is -2.42. The highest BCUT2D eigenvalue weighted by molar-refractivity contribution is 5.87. The molecular weight excluding hydrogens is 242 g/mol. The fourth-order valence-corrected chi connectivity index (χ4v) is 3.08. The highest BCUT2D eigenvalue weighted by atomic mass is 16.5. The molecule has 0 spiro atoms. The van der Waals surface area contributed by atoms with E-state index >= 15 is 0 Å². The second-order valence-electron chi connectivity index (χ2n) is 5.60. The topological polar surface area (TPSA) is 49.8 Å². The summed E-state index contributed by atoms with van der Waals surface area (Å²) < 4.78 is 5.83. The van der Waals surface area contributed by atoms with Gasteiger partial charge in [0.05, 0.1) is 17.8 Å². The molecule has 2 fully saturated rings. The van der Waals surface area contributed by atoms with Gasteiger partial charge in [0, 0.05) is 19.6 Å². The van der Waals surface area contributed by atoms with Crippen molar-refractivity contribution in [1.82, 2.24) is 4.90 Å². The zero-order chi connectivity index (χ0) is 13.4. The molecule has 2 unspecified atom stereocenters. The van der Waals surface area contributed by atoms with Crippen molar-refractivity contribution in [2.24, 2.45) is 0 Å². The summed E-state index contributed by atoms with van der Waals surface area (Å²) in [6, 6.07) is 5.39. The Bertz CT molecular complexity index is 488. The van der Waals surface area contributed by atoms with Crippen molar-refractivity contribution in [3.63, 3.8) is 0 Å². The number of benzene rings is 1. The maximum Gasteiger partial charge on any atom is 0.335 e. The van der Waals surface area contributed by atoms with Crippen LogP contribution < -0.4 is 0 Å². The van der Waals surface area contributed by atoms with Crippen LogP contribution in [0.25, 0.3) is 0 Å². The molecule has 4 nitrogen and oxygen atoms in total. The lowest BCUT2D eigenvalue weighted by Gasteiger charge is -2.32. The summed E-state index contributed by atoms with van der Waals surface area (Å²) in [7, 11) is 0. The van der Waals surface area contributed by atoms with Gasteiger partial charge in [0.15, 0.2) is 0 Å². The Morgan fingerprint density at radius 2 is 2.05 bits per heavy atom. The Balaban J connectivity index is 1.71. The summed E-state index contributed by atoms with van der Waals surface area (Å²) in [5.74, 6) is -0.862. The van der Waals surface area contributed by atoms with Gasteiger partial charge in [0.2, 0.25) is 0 Å². The van der Waals surface area contributed by atoms with Crippen molar-refractivity contribution in [2.45, 2.75) is 38.5 Å². The first kappa shape index (κ1) is 12.6. The molecule has 1 aromatic rings. The molecule has 0 aliphatic carbocycles. The van der Waals surface area contributed by atoms with E-state index in [2.05, 4.69) is 4.90 Å². The van der Waals surface area contributed by atoms with Crippen LogP contribution in [-0.4, -0.2) is 41.3 Å². The Morgan fingerprint density at radius 3 is 2.63 bits per heavy atom. The number of carboxylic acid groups (broad SMARTS) is 1. The van der Waals surface area contributed by atoms with Crippen LogP contribution in [-0.2, 0) is 11.3 Å². The number of aromatic carboxylic acids is 1. The standard InChI is InChI=1S/C15H19NO3/c1-10-6-11(15(17)18)2-3-12(10)7-16-8-13-4-5-14(9-16)19-13/h2-3,6,13-14H,4-5,7-9H2,1H3,(H,17,18). The summed E-state index contributed by atoms with van der Waals surface area (Å²) in [6.07, 6.45) is 3.16. The number of aryl methyl sites for hydroxylation is 1. The van der Waals surface area contributed by atoms with Gasteiger partial charge in [-0.3, -0.25) is 4.90 Å². The van der Waals surface area contributed by atoms with Crippen LogP contribution >= 0.6 is 0 Å². The molecule has 2 bridgehead atoms. The average Bonchev–Trinajstić information content (AvgIpc) is 2.71. The first-order chi connectivity index (χ1) is 9.11. The smallest absolute Gasteiger partial charge is 0.335 e. The van der Waals surface area contributed by atoms with Crippen molar-refractivity contribution in [3.8, 4) is 0 Å². The summed E-state index contributed by atoms with van der Waals surface area (Å²) in [5.41, 5.74) is 2.63. The van der Waals surface area contributed by atoms with Gasteiger partial charge in [-0.05, 0) is 43.0 Å². The number of fused-ring (bicyclic) bond motifs is 2. The van der Waals surface area contributed by atoms with Crippen molar-refractivity contribution in [1.29, 1.82) is 0 Å². The molecule has 2 atom stereocenters. The third kappa shape index (κ3) is 2.65. The van der Waals surface area contributed by atoms with Gasteiger partial charge in [-0.1, -0.05) is 6.07 Å². The first-order valence-corrected chi connectivity index (χ1v) is 6.82. The second-order valence-corrected chi connectivity index (χ2v) is 5.60. The molecule has 102 valence electrons. The number of hydrogen-bond acceptors (Lipinski definition) is 3. The number of carbonyl (C=O) groups is 1. The van der Waals surface area contributed by atoms with E-state index in [9.17, 15) is 4.79 Å². The number of likely N-dealkylation sites (tertiary alicyclic amines) is 1. The van der Waals surface area contributed by atoms with Crippen LogP contribution in [0, 0.1) is 6.92 Å². The quantitative estimate of drug-likeness (QED) is 0.904. The summed E-state index contributed by atoms with van der Waals surface area (Å²) in [5, 5.41) is 8.97. The van der Waals surface area contributed by atoms with E-state index in [0.717, 1.165) is 25.2 Å². The average molecular weight is 261 g/mol. The minimum atomic E-state index is -0.862. The molecule has 4 heteroatoms. The normalized spacial score (nSPS) is 26.6. The Kier molecular flexibility index (Phi) is 3.29. The SMILES string of the molecule is Cc1cc(C(=O)O)ccc1CN1CC2CCC(C1)O2. The largest absolute Gasteiger partial charge is 0.478 e. The molecule has 1 aromatic carbocycles. The van der Waals surface area contributed by atoms with Crippen molar-refractivity contribution >= 4 is 5.97 Å². The molecule has 0 aromatic heterocycles. The van der Waals surface area contributed by atoms with Crippen molar-refractivity contribution in [2.75, 3.05) is 13.1 Å². The van der Waals surface area contributed by atoms with E-state index in [1.54, 1.807) is 12.1 Å². The molecule has 2 saturated heterocycles. The van der Waals surface area contributed by atoms with Crippen molar-refractivity contribution in [3.05, 3.63) is 34.9 Å². The van der Waals surface area contributed by atoms with Crippen LogP contribution in [0.15, 0.2) is 18.2 Å². The van der Waals surface area contributed by atoms with E-state index < -0.39 is 5.97 Å². The number of rotatable bonds is 3. The zero-order valence-corrected chi connectivity index (χ0v) is 11.1. The molecular formula is C15H19NO3. The van der Waals surface area contributed by atoms with Gasteiger partial charge >= 0.3 is 5.97 Å². The van der Waals surface area contributed by atoms with E-state index in [0.29, 0.717) is 17.8 Å². The first-order valence-electron chi connectivity index (χ1n) is 6.82. The maximum absolute atomic E-state index is 10.9. The predicted octanol–water partition coefficient (Wildman–Crippen LogP) is 2.06. The molecule has 3 rings (SSSR count). The monoisotopic (exact) mass is 261 g/mol. The van der Waals surface area contributed by atoms with E-state index in [1.807, 2.05) is 13.0 Å². The molecule has 0 amide bonds. The summed E-state index contributed by atoms with van der Waals surface area (Å²) >= 11 is 0. The zero-order valence-electron chi connectivity index (χ0n) is 11.1. The molecule has 1 N–H and O–H groups in total. The van der Waals surface area contributed by atoms with E-state index in [4.69, 9.17) is 9.84 Å². The number of carboxylic acids is 1. The lowest BCUT2D eigenvalue weighted by molar-refractivity contribution is -0.0411. The van der Waals surface area contributed by atoms with Crippen LogP contribution in [0.3, 0.4) is 0 Å². The number of ether oxygens (including phenoxy) is 1. The number of morpholine rings is 1. The Labute approximate surface area is 113 Å². The maximum atomic E-state index is 10.9. The van der Waals surface area contributed by atoms with Crippen LogP contribution in [0.1, 0.15) is 34.3 Å². The molecule has 0 radical (unpaired) electrons. The fraction of sp³-hybridized carbons (Fsp3) is 0.533. The van der Waals surface area contributed by atoms with Gasteiger partial charge in [0.25, 0.3) is 0 Å². The van der Waals surface area contributed by atoms with E-state index in [-0.39, 0.29) is 0 Å². The molecule has 2 aliphatic rings. The third-order valence-electron chi connectivity index (χ3n) is 4.10. The summed E-state index contributed by atoms with van der Waals surface area (Å²) in [6.45, 7) is 4.87. The number of nitrogens with zero attached hydrogens (tertiary/aromatic N) is 1. The van der Waals surface area contributed by atoms with Gasteiger partial charge in [-0.2, -0.15) is 0 Å². The van der Waals surface area contributed by atoms with Gasteiger partial charge in [-0.15, -0.1) is 0 Å². The minimum Gasteiger partial charge on any atom is -0.478 e. The fourth-order valence-electron chi connectivity index (χ4n) is 3.08. The third-order valence-corrected chi connectivity index (χ3v) is 4.10. The second kappa shape index (κ2) is 4.94. The molecule has 19 heavy (non-hydrogen) atoms. The van der Waals surface area contributed by atoms with E-state index in [1.165, 1.54) is 18.4 Å². The highest BCUT2D eigenvalue weighted by Crippen LogP contribution is 2.27. The minimum absolute atomic E-state index is 0.364. The van der Waals surface area contributed by atoms with Gasteiger partial charge < -0.3 is 9.84 Å².